The number of rotatable bonds is 6. The van der Waals surface area contributed by atoms with Crippen LogP contribution >= 0.6 is 0 Å². The molecule has 1 aromatic heterocycles. The lowest BCUT2D eigenvalue weighted by Crippen LogP contribution is -2.24. The molecule has 6 nitrogen and oxygen atoms in total. The summed E-state index contributed by atoms with van der Waals surface area (Å²) in [6.07, 6.45) is 3.25. The summed E-state index contributed by atoms with van der Waals surface area (Å²) in [7, 11) is 3.09. The summed E-state index contributed by atoms with van der Waals surface area (Å²) < 4.78 is 24.5. The lowest BCUT2D eigenvalue weighted by molar-refractivity contribution is 0.0947. The number of hydrogen-bond donors (Lipinski definition) is 2. The zero-order chi connectivity index (χ0) is 18.5. The Labute approximate surface area is 150 Å². The van der Waals surface area contributed by atoms with Gasteiger partial charge in [-0.25, -0.2) is 9.37 Å². The number of methoxy groups -OCH3 is 2. The molecule has 0 radical (unpaired) electrons. The van der Waals surface area contributed by atoms with E-state index in [2.05, 4.69) is 15.3 Å². The minimum Gasteiger partial charge on any atom is -0.493 e. The molecule has 0 unspecified atom stereocenters. The number of aromatic nitrogens is 2. The molecule has 7 heteroatoms. The van der Waals surface area contributed by atoms with Gasteiger partial charge in [-0.15, -0.1) is 0 Å². The van der Waals surface area contributed by atoms with Gasteiger partial charge in [0, 0.05) is 24.5 Å². The standard InChI is InChI=1S/C19H18FN3O3/c1-25-16-6-3-12(9-17(16)26-2)11-23-19(24)14-10-13(4-5-15(14)20)18-21-7-8-22-18/h3-10H,11H2,1-2H3,(H,21,22)(H,23,24). The van der Waals surface area contributed by atoms with Gasteiger partial charge < -0.3 is 19.8 Å². The SMILES string of the molecule is COc1ccc(CNC(=O)c2cc(-c3ncc[nH]3)ccc2F)cc1OC. The van der Waals surface area contributed by atoms with Crippen LogP contribution in [0.15, 0.2) is 48.8 Å². The lowest BCUT2D eigenvalue weighted by atomic mass is 10.1. The number of H-pyrrole nitrogens is 1. The molecule has 0 fully saturated rings. The first-order valence-corrected chi connectivity index (χ1v) is 7.90. The molecular weight excluding hydrogens is 337 g/mol. The number of imidazole rings is 1. The van der Waals surface area contributed by atoms with E-state index in [1.165, 1.54) is 19.2 Å². The quantitative estimate of drug-likeness (QED) is 0.712. The number of nitrogens with one attached hydrogen (secondary N) is 2. The number of carbonyl (C=O) groups is 1. The summed E-state index contributed by atoms with van der Waals surface area (Å²) in [6.45, 7) is 0.226. The Morgan fingerprint density at radius 1 is 1.15 bits per heavy atom. The van der Waals surface area contributed by atoms with E-state index in [0.29, 0.717) is 22.9 Å². The van der Waals surface area contributed by atoms with Gasteiger partial charge in [0.1, 0.15) is 11.6 Å². The summed E-state index contributed by atoms with van der Waals surface area (Å²) in [6, 6.07) is 9.60. The van der Waals surface area contributed by atoms with Gasteiger partial charge in [-0.1, -0.05) is 6.07 Å². The van der Waals surface area contributed by atoms with Crippen LogP contribution in [0.4, 0.5) is 4.39 Å². The van der Waals surface area contributed by atoms with Crippen LogP contribution in [0.2, 0.25) is 0 Å². The first-order valence-electron chi connectivity index (χ1n) is 7.90. The third-order valence-electron chi connectivity index (χ3n) is 3.88. The molecule has 0 saturated heterocycles. The van der Waals surface area contributed by atoms with Gasteiger partial charge in [0.2, 0.25) is 0 Å². The van der Waals surface area contributed by atoms with E-state index < -0.39 is 11.7 Å². The predicted molar refractivity (Wildman–Crippen MR) is 94.7 cm³/mol. The fourth-order valence-electron chi connectivity index (χ4n) is 2.54. The highest BCUT2D eigenvalue weighted by atomic mass is 19.1. The number of hydrogen-bond acceptors (Lipinski definition) is 4. The van der Waals surface area contributed by atoms with Crippen LogP contribution in [0, 0.1) is 5.82 Å². The Hall–Kier alpha value is -3.35. The smallest absolute Gasteiger partial charge is 0.254 e. The van der Waals surface area contributed by atoms with Gasteiger partial charge in [-0.3, -0.25) is 4.79 Å². The van der Waals surface area contributed by atoms with Crippen molar-refractivity contribution in [3.05, 3.63) is 65.7 Å². The van der Waals surface area contributed by atoms with Crippen molar-refractivity contribution in [2.24, 2.45) is 0 Å². The molecule has 134 valence electrons. The van der Waals surface area contributed by atoms with Crippen molar-refractivity contribution < 1.29 is 18.7 Å². The van der Waals surface area contributed by atoms with Crippen LogP contribution in [0.3, 0.4) is 0 Å². The molecule has 26 heavy (non-hydrogen) atoms. The van der Waals surface area contributed by atoms with Gasteiger partial charge in [0.15, 0.2) is 11.5 Å². The Bertz CT molecular complexity index is 910. The van der Waals surface area contributed by atoms with E-state index in [1.807, 2.05) is 0 Å². The van der Waals surface area contributed by atoms with Crippen molar-refractivity contribution >= 4 is 5.91 Å². The van der Waals surface area contributed by atoms with E-state index in [-0.39, 0.29) is 12.1 Å². The number of benzene rings is 2. The fraction of sp³-hybridized carbons (Fsp3) is 0.158. The van der Waals surface area contributed by atoms with Gasteiger partial charge >= 0.3 is 0 Å². The average molecular weight is 355 g/mol. The summed E-state index contributed by atoms with van der Waals surface area (Å²) in [5, 5.41) is 2.71. The molecule has 2 N–H and O–H groups in total. The van der Waals surface area contributed by atoms with Crippen molar-refractivity contribution in [3.8, 4) is 22.9 Å². The van der Waals surface area contributed by atoms with E-state index in [0.717, 1.165) is 5.56 Å². The van der Waals surface area contributed by atoms with Crippen LogP contribution in [-0.2, 0) is 6.54 Å². The molecule has 3 aromatic rings. The molecule has 1 heterocycles. The van der Waals surface area contributed by atoms with Gasteiger partial charge in [0.05, 0.1) is 19.8 Å². The van der Waals surface area contributed by atoms with Gasteiger partial charge in [-0.05, 0) is 35.9 Å². The van der Waals surface area contributed by atoms with Crippen LogP contribution in [0.5, 0.6) is 11.5 Å². The second-order valence-electron chi connectivity index (χ2n) is 5.50. The largest absolute Gasteiger partial charge is 0.493 e. The van der Waals surface area contributed by atoms with E-state index >= 15 is 0 Å². The summed E-state index contributed by atoms with van der Waals surface area (Å²) in [5.74, 6) is 0.625. The molecular formula is C19H18FN3O3. The number of nitrogens with zero attached hydrogens (tertiary/aromatic N) is 1. The topological polar surface area (TPSA) is 76.2 Å². The molecule has 0 aliphatic carbocycles. The summed E-state index contributed by atoms with van der Waals surface area (Å²) in [4.78, 5) is 19.4. The van der Waals surface area contributed by atoms with Crippen LogP contribution in [0.25, 0.3) is 11.4 Å². The molecule has 3 rings (SSSR count). The first-order chi connectivity index (χ1) is 12.6. The third-order valence-corrected chi connectivity index (χ3v) is 3.88. The molecule has 0 bridgehead atoms. The van der Waals surface area contributed by atoms with Gasteiger partial charge in [0.25, 0.3) is 5.91 Å². The maximum absolute atomic E-state index is 14.1. The third kappa shape index (κ3) is 3.66. The number of carbonyl (C=O) groups excluding carboxylic acids is 1. The van der Waals surface area contributed by atoms with Crippen molar-refractivity contribution in [2.75, 3.05) is 14.2 Å². The molecule has 1 amide bonds. The Kier molecular flexibility index (Phi) is 5.17. The zero-order valence-corrected chi connectivity index (χ0v) is 14.4. The normalized spacial score (nSPS) is 10.4. The Morgan fingerprint density at radius 3 is 2.65 bits per heavy atom. The van der Waals surface area contributed by atoms with Crippen molar-refractivity contribution in [2.45, 2.75) is 6.54 Å². The monoisotopic (exact) mass is 355 g/mol. The summed E-state index contributed by atoms with van der Waals surface area (Å²) >= 11 is 0. The van der Waals surface area contributed by atoms with E-state index in [4.69, 9.17) is 9.47 Å². The number of amides is 1. The second kappa shape index (κ2) is 7.69. The molecule has 0 saturated carbocycles. The molecule has 0 atom stereocenters. The van der Waals surface area contributed by atoms with Crippen LogP contribution < -0.4 is 14.8 Å². The maximum atomic E-state index is 14.1. The van der Waals surface area contributed by atoms with Crippen LogP contribution in [0.1, 0.15) is 15.9 Å². The lowest BCUT2D eigenvalue weighted by Gasteiger charge is -2.11. The molecule has 0 spiro atoms. The Balaban J connectivity index is 1.75. The van der Waals surface area contributed by atoms with Gasteiger partial charge in [-0.2, -0.15) is 0 Å². The first kappa shape index (κ1) is 17.5. The predicted octanol–water partition coefficient (Wildman–Crippen LogP) is 3.16. The second-order valence-corrected chi connectivity index (χ2v) is 5.50. The van der Waals surface area contributed by atoms with Crippen LogP contribution in [-0.4, -0.2) is 30.1 Å². The van der Waals surface area contributed by atoms with E-state index in [9.17, 15) is 9.18 Å². The highest BCUT2D eigenvalue weighted by Gasteiger charge is 2.14. The average Bonchev–Trinajstić information content (AvgIpc) is 3.21. The number of halogens is 1. The highest BCUT2D eigenvalue weighted by molar-refractivity contribution is 5.95. The number of ether oxygens (including phenoxy) is 2. The zero-order valence-electron chi connectivity index (χ0n) is 14.4. The Morgan fingerprint density at radius 2 is 1.96 bits per heavy atom. The summed E-state index contributed by atoms with van der Waals surface area (Å²) in [5.41, 5.74) is 1.39. The van der Waals surface area contributed by atoms with Crippen molar-refractivity contribution in [3.63, 3.8) is 0 Å². The molecule has 0 aliphatic heterocycles. The molecule has 2 aromatic carbocycles. The van der Waals surface area contributed by atoms with Crippen molar-refractivity contribution in [1.82, 2.24) is 15.3 Å². The fourth-order valence-corrected chi connectivity index (χ4v) is 2.54. The number of aromatic amines is 1. The maximum Gasteiger partial charge on any atom is 0.254 e. The minimum absolute atomic E-state index is 0.0422. The van der Waals surface area contributed by atoms with E-state index in [1.54, 1.807) is 43.8 Å². The molecule has 0 aliphatic rings. The highest BCUT2D eigenvalue weighted by Crippen LogP contribution is 2.27. The van der Waals surface area contributed by atoms with Crippen molar-refractivity contribution in [1.29, 1.82) is 0 Å². The minimum atomic E-state index is -0.592.